The van der Waals surface area contributed by atoms with E-state index < -0.39 is 0 Å². The first-order chi connectivity index (χ1) is 7.81. The van der Waals surface area contributed by atoms with Crippen LogP contribution in [0.3, 0.4) is 0 Å². The first-order valence-electron chi connectivity index (χ1n) is 5.56. The molecule has 0 atom stereocenters. The monoisotopic (exact) mass is 220 g/mol. The lowest BCUT2D eigenvalue weighted by molar-refractivity contribution is 0.614. The molecule has 1 aromatic heterocycles. The van der Waals surface area contributed by atoms with Gasteiger partial charge in [-0.3, -0.25) is 0 Å². The van der Waals surface area contributed by atoms with Crippen LogP contribution >= 0.6 is 0 Å². The number of imidazole rings is 1. The van der Waals surface area contributed by atoms with Crippen LogP contribution in [0.2, 0.25) is 0 Å². The van der Waals surface area contributed by atoms with Crippen molar-refractivity contribution in [2.75, 3.05) is 13.1 Å². The fourth-order valence-electron chi connectivity index (χ4n) is 1.45. The highest BCUT2D eigenvalue weighted by atomic mass is 15.0. The molecule has 0 saturated carbocycles. The molecule has 0 fully saturated rings. The van der Waals surface area contributed by atoms with E-state index in [9.17, 15) is 0 Å². The second kappa shape index (κ2) is 6.98. The number of rotatable bonds is 8. The van der Waals surface area contributed by atoms with Crippen molar-refractivity contribution in [1.29, 1.82) is 0 Å². The van der Waals surface area contributed by atoms with Gasteiger partial charge >= 0.3 is 0 Å². The Balaban J connectivity index is 2.39. The van der Waals surface area contributed by atoms with E-state index in [1.807, 2.05) is 0 Å². The molecular formula is C12H20N4. The van der Waals surface area contributed by atoms with Crippen LogP contribution < -0.4 is 11.1 Å². The van der Waals surface area contributed by atoms with E-state index in [1.165, 1.54) is 0 Å². The van der Waals surface area contributed by atoms with Gasteiger partial charge in [-0.2, -0.15) is 0 Å². The van der Waals surface area contributed by atoms with E-state index >= 15 is 0 Å². The smallest absolute Gasteiger partial charge is 0.121 e. The number of hydrogen-bond acceptors (Lipinski definition) is 3. The molecule has 0 spiro atoms. The molecule has 1 heterocycles. The average molecular weight is 220 g/mol. The lowest BCUT2D eigenvalue weighted by atomic mass is 10.3. The quantitative estimate of drug-likeness (QED) is 0.582. The number of aromatic amines is 1. The van der Waals surface area contributed by atoms with E-state index in [2.05, 4.69) is 28.4 Å². The number of hydrogen-bond donors (Lipinski definition) is 3. The molecule has 0 aromatic carbocycles. The van der Waals surface area contributed by atoms with Crippen LogP contribution in [-0.2, 0) is 6.54 Å². The first kappa shape index (κ1) is 12.7. The SMILES string of the molecule is C=Cc1nc(CNCCCCN)[nH]c1C=C. The minimum absolute atomic E-state index is 0.735. The zero-order chi connectivity index (χ0) is 11.8. The number of nitrogens with zero attached hydrogens (tertiary/aromatic N) is 1. The third kappa shape index (κ3) is 3.64. The molecule has 0 saturated heterocycles. The van der Waals surface area contributed by atoms with Gasteiger partial charge in [0.15, 0.2) is 0 Å². The van der Waals surface area contributed by atoms with E-state index in [0.29, 0.717) is 0 Å². The molecule has 1 rings (SSSR count). The highest BCUT2D eigenvalue weighted by Gasteiger charge is 2.03. The summed E-state index contributed by atoms with van der Waals surface area (Å²) in [6.45, 7) is 9.88. The van der Waals surface area contributed by atoms with Crippen LogP contribution in [0.4, 0.5) is 0 Å². The Hall–Kier alpha value is -1.39. The molecule has 4 heteroatoms. The normalized spacial score (nSPS) is 10.3. The number of nitrogens with two attached hydrogens (primary N) is 1. The molecule has 88 valence electrons. The number of nitrogens with one attached hydrogen (secondary N) is 2. The Morgan fingerprint density at radius 2 is 2.12 bits per heavy atom. The summed E-state index contributed by atoms with van der Waals surface area (Å²) in [6, 6.07) is 0. The molecule has 4 nitrogen and oxygen atoms in total. The summed E-state index contributed by atoms with van der Waals surface area (Å²) in [6.07, 6.45) is 5.63. The van der Waals surface area contributed by atoms with Gasteiger partial charge in [0, 0.05) is 0 Å². The minimum Gasteiger partial charge on any atom is -0.341 e. The third-order valence-corrected chi connectivity index (χ3v) is 2.31. The molecule has 0 radical (unpaired) electrons. The second-order valence-corrected chi connectivity index (χ2v) is 3.56. The van der Waals surface area contributed by atoms with Crippen molar-refractivity contribution in [2.24, 2.45) is 5.73 Å². The zero-order valence-corrected chi connectivity index (χ0v) is 9.63. The molecule has 0 bridgehead atoms. The summed E-state index contributed by atoms with van der Waals surface area (Å²) < 4.78 is 0. The van der Waals surface area contributed by atoms with Crippen LogP contribution in [0.25, 0.3) is 12.2 Å². The van der Waals surface area contributed by atoms with Crippen LogP contribution in [0, 0.1) is 0 Å². The third-order valence-electron chi connectivity index (χ3n) is 2.31. The molecule has 4 N–H and O–H groups in total. The standard InChI is InChI=1S/C12H20N4/c1-3-10-11(4-2)16-12(15-10)9-14-8-6-5-7-13/h3-4,14H,1-2,5-9,13H2,(H,15,16). The van der Waals surface area contributed by atoms with E-state index in [-0.39, 0.29) is 0 Å². The summed E-state index contributed by atoms with van der Waals surface area (Å²) in [5.41, 5.74) is 7.19. The maximum Gasteiger partial charge on any atom is 0.121 e. The number of unbranched alkanes of at least 4 members (excludes halogenated alkanes) is 1. The average Bonchev–Trinajstić information content (AvgIpc) is 2.71. The second-order valence-electron chi connectivity index (χ2n) is 3.56. The molecule has 1 aromatic rings. The molecule has 0 aliphatic rings. The van der Waals surface area contributed by atoms with Crippen molar-refractivity contribution in [1.82, 2.24) is 15.3 Å². The van der Waals surface area contributed by atoms with Gasteiger partial charge in [0.25, 0.3) is 0 Å². The Labute approximate surface area is 96.7 Å². The largest absolute Gasteiger partial charge is 0.341 e. The highest BCUT2D eigenvalue weighted by Crippen LogP contribution is 2.08. The van der Waals surface area contributed by atoms with Gasteiger partial charge in [-0.1, -0.05) is 13.2 Å². The van der Waals surface area contributed by atoms with E-state index in [1.54, 1.807) is 12.2 Å². The predicted molar refractivity (Wildman–Crippen MR) is 68.8 cm³/mol. The van der Waals surface area contributed by atoms with Gasteiger partial charge in [0.1, 0.15) is 5.82 Å². The van der Waals surface area contributed by atoms with Gasteiger partial charge in [-0.15, -0.1) is 0 Å². The Morgan fingerprint density at radius 3 is 2.69 bits per heavy atom. The van der Waals surface area contributed by atoms with Crippen LogP contribution in [0.15, 0.2) is 13.2 Å². The highest BCUT2D eigenvalue weighted by molar-refractivity contribution is 5.57. The van der Waals surface area contributed by atoms with Gasteiger partial charge in [0.2, 0.25) is 0 Å². The minimum atomic E-state index is 0.735. The molecule has 0 aliphatic carbocycles. The summed E-state index contributed by atoms with van der Waals surface area (Å²) in [7, 11) is 0. The van der Waals surface area contributed by atoms with E-state index in [0.717, 1.165) is 49.7 Å². The fraction of sp³-hybridized carbons (Fsp3) is 0.417. The van der Waals surface area contributed by atoms with E-state index in [4.69, 9.17) is 5.73 Å². The molecule has 0 aliphatic heterocycles. The van der Waals surface area contributed by atoms with Crippen LogP contribution in [0.5, 0.6) is 0 Å². The van der Waals surface area contributed by atoms with Gasteiger partial charge in [-0.05, 0) is 38.1 Å². The first-order valence-corrected chi connectivity index (χ1v) is 5.56. The Kier molecular flexibility index (Phi) is 5.53. The Bertz CT molecular complexity index is 315. The van der Waals surface area contributed by atoms with Crippen molar-refractivity contribution >= 4 is 12.2 Å². The molecular weight excluding hydrogens is 200 g/mol. The summed E-state index contributed by atoms with van der Waals surface area (Å²) >= 11 is 0. The zero-order valence-electron chi connectivity index (χ0n) is 9.63. The van der Waals surface area contributed by atoms with Crippen molar-refractivity contribution in [3.05, 3.63) is 30.4 Å². The van der Waals surface area contributed by atoms with Gasteiger partial charge in [-0.25, -0.2) is 4.98 Å². The predicted octanol–water partition coefficient (Wildman–Crippen LogP) is 1.52. The van der Waals surface area contributed by atoms with Crippen molar-refractivity contribution in [3.8, 4) is 0 Å². The maximum absolute atomic E-state index is 5.41. The maximum atomic E-state index is 5.41. The van der Waals surface area contributed by atoms with Gasteiger partial charge in [0.05, 0.1) is 17.9 Å². The van der Waals surface area contributed by atoms with Gasteiger partial charge < -0.3 is 16.0 Å². The lowest BCUT2D eigenvalue weighted by Crippen LogP contribution is -2.16. The van der Waals surface area contributed by atoms with Crippen LogP contribution in [0.1, 0.15) is 30.1 Å². The number of H-pyrrole nitrogens is 1. The van der Waals surface area contributed by atoms with Crippen molar-refractivity contribution in [2.45, 2.75) is 19.4 Å². The molecule has 0 amide bonds. The number of aromatic nitrogens is 2. The molecule has 16 heavy (non-hydrogen) atoms. The van der Waals surface area contributed by atoms with Crippen LogP contribution in [-0.4, -0.2) is 23.1 Å². The summed E-state index contributed by atoms with van der Waals surface area (Å²) in [4.78, 5) is 7.57. The summed E-state index contributed by atoms with van der Waals surface area (Å²) in [5.74, 6) is 0.914. The lowest BCUT2D eigenvalue weighted by Gasteiger charge is -2.00. The molecule has 0 unspecified atom stereocenters. The summed E-state index contributed by atoms with van der Waals surface area (Å²) in [5, 5.41) is 3.31. The topological polar surface area (TPSA) is 66.7 Å². The van der Waals surface area contributed by atoms with Crippen molar-refractivity contribution in [3.63, 3.8) is 0 Å². The fourth-order valence-corrected chi connectivity index (χ4v) is 1.45. The Morgan fingerprint density at radius 1 is 1.31 bits per heavy atom. The van der Waals surface area contributed by atoms with Crippen molar-refractivity contribution < 1.29 is 0 Å².